The molecule has 0 aliphatic carbocycles. The van der Waals surface area contributed by atoms with E-state index in [0.29, 0.717) is 5.56 Å². The molecule has 0 amide bonds. The molecule has 0 fully saturated rings. The van der Waals surface area contributed by atoms with Gasteiger partial charge in [-0.1, -0.05) is 66.7 Å². The minimum atomic E-state index is 0.0405. The van der Waals surface area contributed by atoms with E-state index in [4.69, 9.17) is 0 Å². The lowest BCUT2D eigenvalue weighted by Gasteiger charge is -2.04. The van der Waals surface area contributed by atoms with Crippen LogP contribution in [0.25, 0.3) is 21.8 Å². The smallest absolute Gasteiger partial charge is 0.224 e. The number of thioether (sulfide) groups is 2. The van der Waals surface area contributed by atoms with Crippen LogP contribution in [0.5, 0.6) is 0 Å². The Labute approximate surface area is 200 Å². The number of aromatic nitrogens is 2. The Hall–Kier alpha value is -3.48. The number of fused-ring (bicyclic) bond motifs is 2. The minimum Gasteiger partial charge on any atom is -0.287 e. The molecule has 3 aromatic carbocycles. The van der Waals surface area contributed by atoms with E-state index in [2.05, 4.69) is 9.97 Å². The van der Waals surface area contributed by atoms with Crippen molar-refractivity contribution in [2.75, 3.05) is 0 Å². The Bertz CT molecular complexity index is 1410. The number of para-hydroxylation sites is 2. The highest BCUT2D eigenvalue weighted by Gasteiger charge is 2.10. The molecule has 0 aliphatic rings. The summed E-state index contributed by atoms with van der Waals surface area (Å²) in [5.74, 6) is 0. The first-order valence-corrected chi connectivity index (χ1v) is 11.9. The number of pyridine rings is 2. The first kappa shape index (κ1) is 22.7. The maximum Gasteiger partial charge on any atom is 0.224 e. The van der Waals surface area contributed by atoms with Crippen LogP contribution in [0.3, 0.4) is 0 Å². The summed E-state index contributed by atoms with van der Waals surface area (Å²) in [6, 6.07) is 28.8. The van der Waals surface area contributed by atoms with Crippen LogP contribution in [0, 0.1) is 0 Å². The normalized spacial score (nSPS) is 10.5. The van der Waals surface area contributed by atoms with Crippen LogP contribution >= 0.6 is 23.5 Å². The fourth-order valence-electron chi connectivity index (χ4n) is 3.21. The molecule has 4 nitrogen and oxygen atoms in total. The van der Waals surface area contributed by atoms with Gasteiger partial charge >= 0.3 is 0 Å². The second kappa shape index (κ2) is 10.9. The van der Waals surface area contributed by atoms with Gasteiger partial charge in [-0.3, -0.25) is 19.6 Å². The summed E-state index contributed by atoms with van der Waals surface area (Å²) in [5.41, 5.74) is 2.48. The van der Waals surface area contributed by atoms with Crippen molar-refractivity contribution in [2.24, 2.45) is 0 Å². The van der Waals surface area contributed by atoms with Gasteiger partial charge in [0.15, 0.2) is 5.12 Å². The standard InChI is InChI=1S/C16H11NOS.C11H9NOS/c18-16(13-6-2-1-3-7-13)19-14-10-4-8-12-9-5-11-17-15(12)14;1-8(13)14-10-6-2-4-9-5-3-7-12-11(9)10/h1-11H;2-7H,1H3. The Balaban J connectivity index is 0.000000165. The van der Waals surface area contributed by atoms with Crippen LogP contribution in [0.2, 0.25) is 0 Å². The number of benzene rings is 3. The van der Waals surface area contributed by atoms with E-state index in [-0.39, 0.29) is 10.2 Å². The minimum absolute atomic E-state index is 0.0405. The molecule has 0 spiro atoms. The van der Waals surface area contributed by atoms with Gasteiger partial charge in [-0.05, 0) is 47.8 Å². The molecule has 5 aromatic rings. The van der Waals surface area contributed by atoms with E-state index in [1.807, 2.05) is 91.0 Å². The fourth-order valence-corrected chi connectivity index (χ4v) is 4.80. The third-order valence-corrected chi connectivity index (χ3v) is 6.46. The molecule has 0 radical (unpaired) electrons. The zero-order chi connectivity index (χ0) is 23.0. The van der Waals surface area contributed by atoms with E-state index >= 15 is 0 Å². The average molecular weight is 469 g/mol. The number of carbonyl (C=O) groups is 2. The molecule has 33 heavy (non-hydrogen) atoms. The highest BCUT2D eigenvalue weighted by atomic mass is 32.2. The summed E-state index contributed by atoms with van der Waals surface area (Å²) in [6.45, 7) is 1.56. The molecule has 0 bridgehead atoms. The molecule has 2 heterocycles. The quantitative estimate of drug-likeness (QED) is 0.265. The predicted octanol–water partition coefficient (Wildman–Crippen LogP) is 7.04. The van der Waals surface area contributed by atoms with Crippen molar-refractivity contribution in [1.82, 2.24) is 9.97 Å². The van der Waals surface area contributed by atoms with E-state index in [1.165, 1.54) is 23.5 Å². The summed E-state index contributed by atoms with van der Waals surface area (Å²) in [5, 5.41) is 2.24. The molecule has 0 aliphatic heterocycles. The molecule has 162 valence electrons. The van der Waals surface area contributed by atoms with E-state index < -0.39 is 0 Å². The van der Waals surface area contributed by atoms with Crippen molar-refractivity contribution in [3.05, 3.63) is 109 Å². The zero-order valence-electron chi connectivity index (χ0n) is 17.8. The van der Waals surface area contributed by atoms with Crippen LogP contribution < -0.4 is 0 Å². The summed E-state index contributed by atoms with van der Waals surface area (Å²) in [6.07, 6.45) is 3.49. The van der Waals surface area contributed by atoms with Gasteiger partial charge in [-0.2, -0.15) is 0 Å². The molecule has 0 atom stereocenters. The number of rotatable bonds is 3. The van der Waals surface area contributed by atoms with Gasteiger partial charge < -0.3 is 0 Å². The molecule has 0 saturated carbocycles. The summed E-state index contributed by atoms with van der Waals surface area (Å²) >= 11 is 2.45. The lowest BCUT2D eigenvalue weighted by Crippen LogP contribution is -1.93. The lowest BCUT2D eigenvalue weighted by atomic mass is 10.2. The van der Waals surface area contributed by atoms with Crippen molar-refractivity contribution >= 4 is 55.6 Å². The van der Waals surface area contributed by atoms with Crippen LogP contribution in [-0.4, -0.2) is 20.2 Å². The summed E-state index contributed by atoms with van der Waals surface area (Å²) < 4.78 is 0. The second-order valence-electron chi connectivity index (χ2n) is 7.01. The first-order valence-electron chi connectivity index (χ1n) is 10.2. The maximum absolute atomic E-state index is 12.2. The average Bonchev–Trinajstić information content (AvgIpc) is 2.85. The Morgan fingerprint density at radius 1 is 0.606 bits per heavy atom. The van der Waals surface area contributed by atoms with Gasteiger partial charge in [0.25, 0.3) is 0 Å². The SMILES string of the molecule is CC(=O)Sc1cccc2cccnc12.O=C(Sc1cccc2cccnc12)c1ccccc1. The van der Waals surface area contributed by atoms with Crippen LogP contribution in [0.1, 0.15) is 17.3 Å². The molecule has 0 N–H and O–H groups in total. The molecule has 0 unspecified atom stereocenters. The van der Waals surface area contributed by atoms with Crippen LogP contribution in [0.4, 0.5) is 0 Å². The third-order valence-electron chi connectivity index (χ3n) is 4.66. The van der Waals surface area contributed by atoms with Crippen molar-refractivity contribution in [1.29, 1.82) is 0 Å². The van der Waals surface area contributed by atoms with Crippen molar-refractivity contribution in [3.63, 3.8) is 0 Å². The van der Waals surface area contributed by atoms with Gasteiger partial charge in [0.2, 0.25) is 5.12 Å². The Morgan fingerprint density at radius 2 is 1.12 bits per heavy atom. The zero-order valence-corrected chi connectivity index (χ0v) is 19.5. The third kappa shape index (κ3) is 5.86. The van der Waals surface area contributed by atoms with Crippen molar-refractivity contribution in [2.45, 2.75) is 16.7 Å². The molecule has 0 saturated heterocycles. The molecular formula is C27H20N2O2S2. The van der Waals surface area contributed by atoms with Gasteiger partial charge in [0, 0.05) is 45.4 Å². The lowest BCUT2D eigenvalue weighted by molar-refractivity contribution is -0.109. The Kier molecular flexibility index (Phi) is 7.50. The highest BCUT2D eigenvalue weighted by Crippen LogP contribution is 2.29. The van der Waals surface area contributed by atoms with Gasteiger partial charge in [0.05, 0.1) is 11.0 Å². The summed E-state index contributed by atoms with van der Waals surface area (Å²) in [4.78, 5) is 33.6. The monoisotopic (exact) mass is 468 g/mol. The molecule has 2 aromatic heterocycles. The van der Waals surface area contributed by atoms with Gasteiger partial charge in [-0.15, -0.1) is 0 Å². The van der Waals surface area contributed by atoms with E-state index in [0.717, 1.165) is 31.6 Å². The van der Waals surface area contributed by atoms with Gasteiger partial charge in [-0.25, -0.2) is 0 Å². The number of carbonyl (C=O) groups excluding carboxylic acids is 2. The van der Waals surface area contributed by atoms with Crippen molar-refractivity contribution < 1.29 is 9.59 Å². The Morgan fingerprint density at radius 3 is 1.67 bits per heavy atom. The number of hydrogen-bond donors (Lipinski definition) is 0. The second-order valence-corrected chi connectivity index (χ2v) is 9.25. The molecule has 5 rings (SSSR count). The number of hydrogen-bond acceptors (Lipinski definition) is 6. The van der Waals surface area contributed by atoms with Gasteiger partial charge in [0.1, 0.15) is 0 Å². The predicted molar refractivity (Wildman–Crippen MR) is 137 cm³/mol. The fraction of sp³-hybridized carbons (Fsp3) is 0.0370. The number of nitrogens with zero attached hydrogens (tertiary/aromatic N) is 2. The topological polar surface area (TPSA) is 59.9 Å². The summed E-state index contributed by atoms with van der Waals surface area (Å²) in [7, 11) is 0. The largest absolute Gasteiger partial charge is 0.287 e. The van der Waals surface area contributed by atoms with Crippen molar-refractivity contribution in [3.8, 4) is 0 Å². The molecular weight excluding hydrogens is 448 g/mol. The van der Waals surface area contributed by atoms with E-state index in [1.54, 1.807) is 19.3 Å². The van der Waals surface area contributed by atoms with E-state index in [9.17, 15) is 9.59 Å². The maximum atomic E-state index is 12.2. The van der Waals surface area contributed by atoms with Crippen LogP contribution in [0.15, 0.2) is 113 Å². The molecule has 6 heteroatoms. The highest BCUT2D eigenvalue weighted by molar-refractivity contribution is 8.14. The van der Waals surface area contributed by atoms with Crippen LogP contribution in [-0.2, 0) is 4.79 Å². The first-order chi connectivity index (χ1) is 16.1.